The van der Waals surface area contributed by atoms with Gasteiger partial charge in [0, 0.05) is 22.5 Å². The Bertz CT molecular complexity index is 1100. The van der Waals surface area contributed by atoms with Gasteiger partial charge in [0.15, 0.2) is 16.1 Å². The molecule has 0 spiro atoms. The summed E-state index contributed by atoms with van der Waals surface area (Å²) in [5.74, 6) is 0.262. The molecule has 0 saturated heterocycles. The number of nitrogens with zero attached hydrogens (tertiary/aromatic N) is 4. The van der Waals surface area contributed by atoms with Crippen molar-refractivity contribution < 1.29 is 9.59 Å². The fraction of sp³-hybridized carbons (Fsp3) is 0.250. The van der Waals surface area contributed by atoms with Crippen LogP contribution in [-0.2, 0) is 11.3 Å². The van der Waals surface area contributed by atoms with Gasteiger partial charge in [0.2, 0.25) is 5.91 Å². The maximum Gasteiger partial charge on any atom is 0.251 e. The largest absolute Gasteiger partial charge is 0.342 e. The topological polar surface area (TPSA) is 102 Å². The maximum atomic E-state index is 12.5. The average molecular weight is 477 g/mol. The highest BCUT2D eigenvalue weighted by atomic mass is 35.5. The SMILES string of the molecule is C=CCn1c(SCC(=O)Nc2nc(C)cs2)nnc1[C@H](C)NC(=O)c1cccc(Cl)c1. The van der Waals surface area contributed by atoms with Crippen molar-refractivity contribution in [3.05, 3.63) is 64.4 Å². The lowest BCUT2D eigenvalue weighted by molar-refractivity contribution is -0.113. The first-order valence-corrected chi connectivity index (χ1v) is 11.6. The molecule has 0 saturated carbocycles. The zero-order valence-electron chi connectivity index (χ0n) is 17.0. The van der Waals surface area contributed by atoms with Crippen molar-refractivity contribution in [3.8, 4) is 0 Å². The number of anilines is 1. The van der Waals surface area contributed by atoms with E-state index in [-0.39, 0.29) is 17.6 Å². The summed E-state index contributed by atoms with van der Waals surface area (Å²) in [6.45, 7) is 7.90. The minimum absolute atomic E-state index is 0.150. The molecule has 3 rings (SSSR count). The molecule has 1 atom stereocenters. The van der Waals surface area contributed by atoms with Gasteiger partial charge in [-0.3, -0.25) is 9.59 Å². The number of thioether (sulfide) groups is 1. The molecular formula is C20H21ClN6O2S2. The Labute approximate surface area is 193 Å². The summed E-state index contributed by atoms with van der Waals surface area (Å²) in [6.07, 6.45) is 1.71. The molecule has 0 aliphatic heterocycles. The summed E-state index contributed by atoms with van der Waals surface area (Å²) in [5, 5.41) is 17.6. The summed E-state index contributed by atoms with van der Waals surface area (Å²) in [7, 11) is 0. The van der Waals surface area contributed by atoms with E-state index in [2.05, 4.69) is 32.4 Å². The predicted molar refractivity (Wildman–Crippen MR) is 124 cm³/mol. The van der Waals surface area contributed by atoms with Gasteiger partial charge in [0.25, 0.3) is 5.91 Å². The molecule has 0 aliphatic carbocycles. The number of halogens is 1. The summed E-state index contributed by atoms with van der Waals surface area (Å²) < 4.78 is 1.82. The van der Waals surface area contributed by atoms with Crippen LogP contribution in [0.1, 0.15) is 34.8 Å². The van der Waals surface area contributed by atoms with Gasteiger partial charge in [-0.1, -0.05) is 35.5 Å². The number of carbonyl (C=O) groups is 2. The van der Waals surface area contributed by atoms with Gasteiger partial charge in [-0.15, -0.1) is 28.1 Å². The summed E-state index contributed by atoms with van der Waals surface area (Å²) in [4.78, 5) is 29.0. The van der Waals surface area contributed by atoms with Crippen LogP contribution in [0.15, 0.2) is 47.5 Å². The number of carbonyl (C=O) groups excluding carboxylic acids is 2. The number of allylic oxidation sites excluding steroid dienone is 1. The molecule has 2 aromatic heterocycles. The van der Waals surface area contributed by atoms with E-state index < -0.39 is 6.04 Å². The Morgan fingerprint density at radius 3 is 2.87 bits per heavy atom. The number of benzene rings is 1. The molecule has 0 bridgehead atoms. The zero-order chi connectivity index (χ0) is 22.4. The Morgan fingerprint density at radius 2 is 2.19 bits per heavy atom. The minimum atomic E-state index is -0.416. The van der Waals surface area contributed by atoms with E-state index in [0.717, 1.165) is 5.69 Å². The first kappa shape index (κ1) is 23.0. The number of hydrogen-bond donors (Lipinski definition) is 2. The normalized spacial score (nSPS) is 11.7. The molecule has 2 N–H and O–H groups in total. The fourth-order valence-corrected chi connectivity index (χ4v) is 4.35. The average Bonchev–Trinajstić information content (AvgIpc) is 3.32. The Kier molecular flexibility index (Phi) is 7.83. The molecule has 31 heavy (non-hydrogen) atoms. The minimum Gasteiger partial charge on any atom is -0.342 e. The third kappa shape index (κ3) is 6.16. The van der Waals surface area contributed by atoms with Crippen LogP contribution in [-0.4, -0.2) is 37.3 Å². The second kappa shape index (κ2) is 10.6. The van der Waals surface area contributed by atoms with Gasteiger partial charge in [0.1, 0.15) is 0 Å². The number of hydrogen-bond acceptors (Lipinski definition) is 7. The molecule has 162 valence electrons. The number of amides is 2. The third-order valence-electron chi connectivity index (χ3n) is 4.08. The lowest BCUT2D eigenvalue weighted by Gasteiger charge is -2.15. The number of nitrogens with one attached hydrogen (secondary N) is 2. The molecule has 11 heteroatoms. The Hall–Kier alpha value is -2.69. The van der Waals surface area contributed by atoms with E-state index in [1.165, 1.54) is 23.1 Å². The van der Waals surface area contributed by atoms with Crippen molar-refractivity contribution >= 4 is 51.6 Å². The molecule has 3 aromatic rings. The Morgan fingerprint density at radius 1 is 1.39 bits per heavy atom. The van der Waals surface area contributed by atoms with Gasteiger partial charge >= 0.3 is 0 Å². The molecule has 0 fully saturated rings. The van der Waals surface area contributed by atoms with Crippen LogP contribution in [0, 0.1) is 6.92 Å². The first-order valence-electron chi connectivity index (χ1n) is 9.32. The smallest absolute Gasteiger partial charge is 0.251 e. The van der Waals surface area contributed by atoms with Gasteiger partial charge in [0.05, 0.1) is 17.5 Å². The van der Waals surface area contributed by atoms with Crippen LogP contribution in [0.4, 0.5) is 5.13 Å². The molecule has 0 radical (unpaired) electrons. The van der Waals surface area contributed by atoms with E-state index in [9.17, 15) is 9.59 Å². The van der Waals surface area contributed by atoms with Crippen molar-refractivity contribution in [1.82, 2.24) is 25.1 Å². The quantitative estimate of drug-likeness (QED) is 0.356. The monoisotopic (exact) mass is 476 g/mol. The van der Waals surface area contributed by atoms with Crippen molar-refractivity contribution in [2.75, 3.05) is 11.1 Å². The van der Waals surface area contributed by atoms with E-state index in [4.69, 9.17) is 11.6 Å². The third-order valence-corrected chi connectivity index (χ3v) is 6.15. The van der Waals surface area contributed by atoms with Gasteiger partial charge in [-0.05, 0) is 32.0 Å². The highest BCUT2D eigenvalue weighted by molar-refractivity contribution is 7.99. The molecule has 0 aliphatic rings. The van der Waals surface area contributed by atoms with E-state index in [1.54, 1.807) is 30.3 Å². The summed E-state index contributed by atoms with van der Waals surface area (Å²) >= 11 is 8.60. The van der Waals surface area contributed by atoms with E-state index in [1.807, 2.05) is 23.8 Å². The fourth-order valence-electron chi connectivity index (χ4n) is 2.70. The second-order valence-corrected chi connectivity index (χ2v) is 8.81. The van der Waals surface area contributed by atoms with Crippen LogP contribution in [0.25, 0.3) is 0 Å². The van der Waals surface area contributed by atoms with Crippen LogP contribution in [0.2, 0.25) is 5.02 Å². The molecular weight excluding hydrogens is 456 g/mol. The van der Waals surface area contributed by atoms with E-state index >= 15 is 0 Å². The lowest BCUT2D eigenvalue weighted by atomic mass is 10.2. The number of thiazole rings is 1. The van der Waals surface area contributed by atoms with Gasteiger partial charge in [-0.2, -0.15) is 0 Å². The molecule has 0 unspecified atom stereocenters. The van der Waals surface area contributed by atoms with Crippen molar-refractivity contribution in [2.45, 2.75) is 31.6 Å². The summed E-state index contributed by atoms with van der Waals surface area (Å²) in [6, 6.07) is 6.29. The van der Waals surface area contributed by atoms with E-state index in [0.29, 0.717) is 33.2 Å². The lowest BCUT2D eigenvalue weighted by Crippen LogP contribution is -2.28. The highest BCUT2D eigenvalue weighted by Crippen LogP contribution is 2.22. The van der Waals surface area contributed by atoms with Crippen molar-refractivity contribution in [3.63, 3.8) is 0 Å². The number of aryl methyl sites for hydroxylation is 1. The zero-order valence-corrected chi connectivity index (χ0v) is 19.4. The Balaban J connectivity index is 1.66. The highest BCUT2D eigenvalue weighted by Gasteiger charge is 2.20. The molecule has 8 nitrogen and oxygen atoms in total. The van der Waals surface area contributed by atoms with Crippen LogP contribution < -0.4 is 10.6 Å². The number of aromatic nitrogens is 4. The van der Waals surface area contributed by atoms with Crippen molar-refractivity contribution in [1.29, 1.82) is 0 Å². The van der Waals surface area contributed by atoms with Gasteiger partial charge < -0.3 is 15.2 Å². The van der Waals surface area contributed by atoms with Crippen molar-refractivity contribution in [2.24, 2.45) is 0 Å². The standard InChI is InChI=1S/C20H21ClN6O2S2/c1-4-8-27-17(13(3)23-18(29)14-6-5-7-15(21)9-14)25-26-20(27)31-11-16(28)24-19-22-12(2)10-30-19/h4-7,9-10,13H,1,8,11H2,2-3H3,(H,23,29)(H,22,24,28)/t13-/m0/s1. The predicted octanol–water partition coefficient (Wildman–Crippen LogP) is 4.10. The van der Waals surface area contributed by atoms with Gasteiger partial charge in [-0.25, -0.2) is 4.98 Å². The molecule has 1 aromatic carbocycles. The molecule has 2 amide bonds. The van der Waals surface area contributed by atoms with Crippen LogP contribution in [0.5, 0.6) is 0 Å². The first-order chi connectivity index (χ1) is 14.9. The second-order valence-electron chi connectivity index (χ2n) is 6.58. The summed E-state index contributed by atoms with van der Waals surface area (Å²) in [5.41, 5.74) is 1.31. The van der Waals surface area contributed by atoms with Crippen LogP contribution >= 0.6 is 34.7 Å². The molecule has 2 heterocycles. The maximum absolute atomic E-state index is 12.5. The number of rotatable bonds is 9. The van der Waals surface area contributed by atoms with Crippen LogP contribution in [0.3, 0.4) is 0 Å².